The lowest BCUT2D eigenvalue weighted by atomic mass is 10.1. The minimum Gasteiger partial charge on any atom is -0.308 e. The molecule has 1 aromatic heterocycles. The number of amides is 1. The molecule has 0 bridgehead atoms. The zero-order valence-electron chi connectivity index (χ0n) is 18.6. The van der Waals surface area contributed by atoms with Gasteiger partial charge in [0, 0.05) is 24.4 Å². The molecule has 0 atom stereocenters. The van der Waals surface area contributed by atoms with Gasteiger partial charge >= 0.3 is 0 Å². The molecule has 0 fully saturated rings. The maximum absolute atomic E-state index is 13.1. The largest absolute Gasteiger partial charge is 0.308 e. The third-order valence-corrected chi connectivity index (χ3v) is 7.37. The number of aromatic nitrogens is 1. The monoisotopic (exact) mass is 441 g/mol. The van der Waals surface area contributed by atoms with Crippen LogP contribution >= 0.6 is 23.1 Å². The van der Waals surface area contributed by atoms with Crippen molar-refractivity contribution in [1.82, 2.24) is 9.88 Å². The fraction of sp³-hybridized carbons (Fsp3) is 0.417. The molecule has 0 radical (unpaired) electrons. The van der Waals surface area contributed by atoms with Gasteiger partial charge in [-0.25, -0.2) is 4.98 Å². The number of carbonyl (C=O) groups is 1. The second-order valence-corrected chi connectivity index (χ2v) is 10.1. The molecule has 160 valence electrons. The lowest BCUT2D eigenvalue weighted by molar-refractivity contribution is -0.118. The van der Waals surface area contributed by atoms with E-state index in [0.29, 0.717) is 13.0 Å². The first-order valence-corrected chi connectivity index (χ1v) is 12.2. The SMILES string of the molecule is Cc1ccc(SCCCC(=O)N(CCN(C)C)c2nc3c(C)ccc(C)c3s2)cc1. The summed E-state index contributed by atoms with van der Waals surface area (Å²) in [5.74, 6) is 1.10. The van der Waals surface area contributed by atoms with E-state index in [1.165, 1.54) is 20.7 Å². The van der Waals surface area contributed by atoms with Crippen LogP contribution in [0.2, 0.25) is 0 Å². The molecule has 1 heterocycles. The van der Waals surface area contributed by atoms with Gasteiger partial charge in [-0.05, 0) is 70.3 Å². The fourth-order valence-corrected chi connectivity index (χ4v) is 5.18. The van der Waals surface area contributed by atoms with Crippen LogP contribution in [-0.4, -0.2) is 48.7 Å². The van der Waals surface area contributed by atoms with Gasteiger partial charge in [0.25, 0.3) is 0 Å². The highest BCUT2D eigenvalue weighted by atomic mass is 32.2. The van der Waals surface area contributed by atoms with Crippen LogP contribution in [0, 0.1) is 20.8 Å². The maximum atomic E-state index is 13.1. The molecular weight excluding hydrogens is 410 g/mol. The van der Waals surface area contributed by atoms with Gasteiger partial charge < -0.3 is 4.90 Å². The van der Waals surface area contributed by atoms with Crippen molar-refractivity contribution in [3.05, 3.63) is 53.1 Å². The third kappa shape index (κ3) is 5.84. The highest BCUT2D eigenvalue weighted by molar-refractivity contribution is 7.99. The van der Waals surface area contributed by atoms with Crippen LogP contribution in [0.3, 0.4) is 0 Å². The number of aryl methyl sites for hydroxylation is 3. The number of anilines is 1. The molecule has 3 rings (SSSR count). The molecule has 0 aliphatic rings. The second-order valence-electron chi connectivity index (χ2n) is 7.99. The standard InChI is InChI=1S/C24H31N3OS2/c1-17-8-12-20(13-9-17)29-16-6-7-21(28)27(15-14-26(4)5)24-25-22-18(2)10-11-19(3)23(22)30-24/h8-13H,6-7,14-16H2,1-5H3. The summed E-state index contributed by atoms with van der Waals surface area (Å²) in [6.45, 7) is 7.77. The van der Waals surface area contributed by atoms with Gasteiger partial charge in [-0.1, -0.05) is 41.2 Å². The number of hydrogen-bond donors (Lipinski definition) is 0. The van der Waals surface area contributed by atoms with Crippen molar-refractivity contribution in [3.63, 3.8) is 0 Å². The Morgan fingerprint density at radius 3 is 2.37 bits per heavy atom. The van der Waals surface area contributed by atoms with E-state index in [2.05, 4.69) is 62.1 Å². The van der Waals surface area contributed by atoms with E-state index in [9.17, 15) is 4.79 Å². The smallest absolute Gasteiger partial charge is 0.228 e. The molecule has 1 amide bonds. The van der Waals surface area contributed by atoms with E-state index >= 15 is 0 Å². The van der Waals surface area contributed by atoms with Crippen molar-refractivity contribution in [2.24, 2.45) is 0 Å². The second kappa shape index (κ2) is 10.4. The summed E-state index contributed by atoms with van der Waals surface area (Å²) < 4.78 is 1.18. The Labute approximate surface area is 188 Å². The third-order valence-electron chi connectivity index (χ3n) is 5.06. The Morgan fingerprint density at radius 2 is 1.70 bits per heavy atom. The van der Waals surface area contributed by atoms with Crippen LogP contribution < -0.4 is 4.90 Å². The van der Waals surface area contributed by atoms with E-state index in [4.69, 9.17) is 4.98 Å². The molecule has 2 aromatic carbocycles. The van der Waals surface area contributed by atoms with Crippen LogP contribution in [0.15, 0.2) is 41.3 Å². The van der Waals surface area contributed by atoms with E-state index < -0.39 is 0 Å². The highest BCUT2D eigenvalue weighted by Crippen LogP contribution is 2.33. The fourth-order valence-electron chi connectivity index (χ4n) is 3.17. The van der Waals surface area contributed by atoms with E-state index in [1.807, 2.05) is 30.8 Å². The summed E-state index contributed by atoms with van der Waals surface area (Å²) in [6, 6.07) is 12.8. The van der Waals surface area contributed by atoms with Gasteiger partial charge in [-0.3, -0.25) is 9.69 Å². The first-order chi connectivity index (χ1) is 14.3. The van der Waals surface area contributed by atoms with Crippen molar-refractivity contribution in [1.29, 1.82) is 0 Å². The first-order valence-electron chi connectivity index (χ1n) is 10.4. The van der Waals surface area contributed by atoms with E-state index in [0.717, 1.165) is 34.9 Å². The minimum absolute atomic E-state index is 0.163. The lowest BCUT2D eigenvalue weighted by Gasteiger charge is -2.22. The molecule has 4 nitrogen and oxygen atoms in total. The summed E-state index contributed by atoms with van der Waals surface area (Å²) in [7, 11) is 4.07. The van der Waals surface area contributed by atoms with E-state index in [1.54, 1.807) is 11.3 Å². The first kappa shape index (κ1) is 22.8. The van der Waals surface area contributed by atoms with Gasteiger partial charge in [0.2, 0.25) is 5.91 Å². The maximum Gasteiger partial charge on any atom is 0.228 e. The molecule has 0 aliphatic carbocycles. The quantitative estimate of drug-likeness (QED) is 0.316. The molecular formula is C24H31N3OS2. The molecule has 30 heavy (non-hydrogen) atoms. The Balaban J connectivity index is 1.68. The van der Waals surface area contributed by atoms with Crippen LogP contribution in [0.1, 0.15) is 29.5 Å². The average molecular weight is 442 g/mol. The zero-order valence-corrected chi connectivity index (χ0v) is 20.2. The molecule has 0 N–H and O–H groups in total. The van der Waals surface area contributed by atoms with Gasteiger partial charge in [-0.2, -0.15) is 0 Å². The van der Waals surface area contributed by atoms with Crippen molar-refractivity contribution >= 4 is 44.4 Å². The molecule has 0 saturated carbocycles. The van der Waals surface area contributed by atoms with Crippen molar-refractivity contribution in [2.75, 3.05) is 37.8 Å². The lowest BCUT2D eigenvalue weighted by Crippen LogP contribution is -2.36. The van der Waals surface area contributed by atoms with Crippen LogP contribution in [0.5, 0.6) is 0 Å². The number of likely N-dealkylation sites (N-methyl/N-ethyl adjacent to an activating group) is 1. The topological polar surface area (TPSA) is 36.4 Å². The number of fused-ring (bicyclic) bond motifs is 1. The van der Waals surface area contributed by atoms with Gasteiger partial charge in [-0.15, -0.1) is 11.8 Å². The molecule has 0 spiro atoms. The summed E-state index contributed by atoms with van der Waals surface area (Å²) in [4.78, 5) is 23.2. The van der Waals surface area contributed by atoms with Crippen molar-refractivity contribution in [3.8, 4) is 0 Å². The summed E-state index contributed by atoms with van der Waals surface area (Å²) in [6.07, 6.45) is 1.40. The highest BCUT2D eigenvalue weighted by Gasteiger charge is 2.20. The van der Waals surface area contributed by atoms with E-state index in [-0.39, 0.29) is 5.91 Å². The predicted molar refractivity (Wildman–Crippen MR) is 131 cm³/mol. The van der Waals surface area contributed by atoms with Crippen molar-refractivity contribution < 1.29 is 4.79 Å². The number of rotatable bonds is 9. The summed E-state index contributed by atoms with van der Waals surface area (Å²) in [5.41, 5.74) is 4.67. The number of thiazole rings is 1. The zero-order chi connectivity index (χ0) is 21.7. The van der Waals surface area contributed by atoms with Gasteiger partial charge in [0.1, 0.15) is 0 Å². The summed E-state index contributed by atoms with van der Waals surface area (Å²) in [5, 5.41) is 0.820. The predicted octanol–water partition coefficient (Wildman–Crippen LogP) is 5.69. The molecule has 3 aromatic rings. The number of hydrogen-bond acceptors (Lipinski definition) is 5. The normalized spacial score (nSPS) is 11.4. The van der Waals surface area contributed by atoms with Gasteiger partial charge in [0.05, 0.1) is 10.2 Å². The van der Waals surface area contributed by atoms with Crippen LogP contribution in [0.25, 0.3) is 10.2 Å². The number of nitrogens with zero attached hydrogens (tertiary/aromatic N) is 3. The molecule has 0 aliphatic heterocycles. The Kier molecular flexibility index (Phi) is 7.92. The minimum atomic E-state index is 0.163. The molecule has 6 heteroatoms. The van der Waals surface area contributed by atoms with Crippen molar-refractivity contribution in [2.45, 2.75) is 38.5 Å². The van der Waals surface area contributed by atoms with Gasteiger partial charge in [0.15, 0.2) is 5.13 Å². The number of thioether (sulfide) groups is 1. The van der Waals surface area contributed by atoms with Crippen LogP contribution in [0.4, 0.5) is 5.13 Å². The Morgan fingerprint density at radius 1 is 1.00 bits per heavy atom. The Hall–Kier alpha value is -1.89. The average Bonchev–Trinajstić information content (AvgIpc) is 3.16. The number of benzene rings is 2. The number of carbonyl (C=O) groups excluding carboxylic acids is 1. The summed E-state index contributed by atoms with van der Waals surface area (Å²) >= 11 is 3.45. The molecule has 0 saturated heterocycles. The molecule has 0 unspecified atom stereocenters. The van der Waals surface area contributed by atoms with Crippen LogP contribution in [-0.2, 0) is 4.79 Å². The Bertz CT molecular complexity index is 957.